The number of carbonyl (C=O) groups is 2. The van der Waals surface area contributed by atoms with Crippen LogP contribution in [0, 0.1) is 5.82 Å². The Bertz CT molecular complexity index is 1590. The molecule has 5 rings (SSSR count). The van der Waals surface area contributed by atoms with Crippen molar-refractivity contribution in [2.24, 2.45) is 0 Å². The summed E-state index contributed by atoms with van der Waals surface area (Å²) in [6, 6.07) is 17.2. The molecule has 43 heavy (non-hydrogen) atoms. The largest absolute Gasteiger partial charge is 0.493 e. The molecule has 1 aliphatic rings. The second-order valence-corrected chi connectivity index (χ2v) is 10.1. The molecule has 1 fully saturated rings. The lowest BCUT2D eigenvalue weighted by Crippen LogP contribution is -2.39. The van der Waals surface area contributed by atoms with Gasteiger partial charge in [0.25, 0.3) is 0 Å². The molecule has 0 aliphatic carbocycles. The third-order valence-electron chi connectivity index (χ3n) is 6.78. The number of morpholine rings is 1. The Morgan fingerprint density at radius 1 is 1.02 bits per heavy atom. The van der Waals surface area contributed by atoms with Gasteiger partial charge in [-0.05, 0) is 29.8 Å². The molecule has 0 radical (unpaired) electrons. The number of aromatic nitrogens is 1. The number of urea groups is 1. The molecule has 1 saturated heterocycles. The van der Waals surface area contributed by atoms with E-state index in [1.54, 1.807) is 55.8 Å². The van der Waals surface area contributed by atoms with Crippen LogP contribution >= 0.6 is 12.8 Å². The van der Waals surface area contributed by atoms with Gasteiger partial charge in [0.2, 0.25) is 5.91 Å². The molecule has 12 heteroatoms. The Morgan fingerprint density at radius 3 is 2.56 bits per heavy atom. The zero-order valence-corrected chi connectivity index (χ0v) is 24.4. The minimum absolute atomic E-state index is 0.0159. The lowest BCUT2D eigenvalue weighted by atomic mass is 10.1. The predicted octanol–water partition coefficient (Wildman–Crippen LogP) is 5.02. The standard InChI is InChI=1S/C31H31FN4O6S/c1-39-28-19-23-25(20-29(28)41-16-13-35-11-14-40-15-12-35)33-10-9-26(23)42-27-8-7-22(18-24(27)32)36(43)31(38)34-30(37)17-21-5-3-2-4-6-21/h2-10,18-20,43H,11-17H2,1H3,(H,34,37,38). The highest BCUT2D eigenvalue weighted by atomic mass is 32.1. The number of carbonyl (C=O) groups excluding carboxylic acids is 2. The fraction of sp³-hybridized carbons (Fsp3) is 0.258. The molecule has 2 heterocycles. The van der Waals surface area contributed by atoms with E-state index in [1.807, 2.05) is 6.07 Å². The number of hydrogen-bond donors (Lipinski definition) is 2. The number of nitrogens with one attached hydrogen (secondary N) is 1. The Morgan fingerprint density at radius 2 is 1.81 bits per heavy atom. The fourth-order valence-electron chi connectivity index (χ4n) is 4.54. The third-order valence-corrected chi connectivity index (χ3v) is 7.19. The van der Waals surface area contributed by atoms with Crippen LogP contribution < -0.4 is 23.8 Å². The number of imide groups is 1. The van der Waals surface area contributed by atoms with E-state index in [4.69, 9.17) is 18.9 Å². The van der Waals surface area contributed by atoms with E-state index in [-0.39, 0.29) is 17.9 Å². The summed E-state index contributed by atoms with van der Waals surface area (Å²) in [5.74, 6) is 0.0472. The van der Waals surface area contributed by atoms with Crippen LogP contribution in [0.1, 0.15) is 5.56 Å². The van der Waals surface area contributed by atoms with E-state index < -0.39 is 17.8 Å². The van der Waals surface area contributed by atoms with Crippen LogP contribution in [0.5, 0.6) is 23.0 Å². The van der Waals surface area contributed by atoms with Gasteiger partial charge in [0, 0.05) is 43.4 Å². The van der Waals surface area contributed by atoms with Crippen molar-refractivity contribution in [3.8, 4) is 23.0 Å². The molecule has 0 atom stereocenters. The maximum atomic E-state index is 15.2. The first-order valence-corrected chi connectivity index (χ1v) is 14.0. The van der Waals surface area contributed by atoms with Crippen molar-refractivity contribution in [1.29, 1.82) is 0 Å². The number of amides is 3. The fourth-order valence-corrected chi connectivity index (χ4v) is 4.71. The first kappa shape index (κ1) is 30.1. The molecule has 1 aromatic heterocycles. The summed E-state index contributed by atoms with van der Waals surface area (Å²) in [6.07, 6.45) is 1.57. The average molecular weight is 607 g/mol. The first-order valence-electron chi connectivity index (χ1n) is 13.6. The van der Waals surface area contributed by atoms with Gasteiger partial charge in [-0.15, -0.1) is 0 Å². The minimum atomic E-state index is -0.812. The van der Waals surface area contributed by atoms with Crippen molar-refractivity contribution in [2.75, 3.05) is 50.9 Å². The maximum absolute atomic E-state index is 15.2. The number of hydrogen-bond acceptors (Lipinski definition) is 9. The summed E-state index contributed by atoms with van der Waals surface area (Å²) in [7, 11) is 1.54. The van der Waals surface area contributed by atoms with Crippen LogP contribution in [-0.4, -0.2) is 68.4 Å². The van der Waals surface area contributed by atoms with E-state index in [0.29, 0.717) is 48.0 Å². The number of thiol groups is 1. The van der Waals surface area contributed by atoms with Crippen LogP contribution in [0.25, 0.3) is 10.9 Å². The van der Waals surface area contributed by atoms with Crippen LogP contribution in [0.2, 0.25) is 0 Å². The topological polar surface area (TPSA) is 102 Å². The van der Waals surface area contributed by atoms with Gasteiger partial charge >= 0.3 is 6.03 Å². The predicted molar refractivity (Wildman–Crippen MR) is 163 cm³/mol. The summed E-state index contributed by atoms with van der Waals surface area (Å²) >= 11 is 4.15. The smallest absolute Gasteiger partial charge is 0.338 e. The zero-order chi connectivity index (χ0) is 30.2. The summed E-state index contributed by atoms with van der Waals surface area (Å²) < 4.78 is 38.9. The number of anilines is 1. The van der Waals surface area contributed by atoms with Gasteiger partial charge in [0.05, 0.1) is 37.9 Å². The summed E-state index contributed by atoms with van der Waals surface area (Å²) in [5, 5.41) is 2.84. The van der Waals surface area contributed by atoms with Crippen LogP contribution in [-0.2, 0) is 16.0 Å². The van der Waals surface area contributed by atoms with E-state index in [0.717, 1.165) is 35.6 Å². The minimum Gasteiger partial charge on any atom is -0.493 e. The molecule has 0 bridgehead atoms. The highest BCUT2D eigenvalue weighted by molar-refractivity contribution is 7.82. The third kappa shape index (κ3) is 7.72. The van der Waals surface area contributed by atoms with Crippen LogP contribution in [0.4, 0.5) is 14.9 Å². The van der Waals surface area contributed by atoms with E-state index in [9.17, 15) is 9.59 Å². The molecule has 224 valence electrons. The van der Waals surface area contributed by atoms with Crippen molar-refractivity contribution in [1.82, 2.24) is 15.2 Å². The van der Waals surface area contributed by atoms with Gasteiger partial charge in [0.1, 0.15) is 12.4 Å². The molecule has 0 saturated carbocycles. The van der Waals surface area contributed by atoms with Gasteiger partial charge in [-0.25, -0.2) is 13.5 Å². The quantitative estimate of drug-likeness (QED) is 0.243. The van der Waals surface area contributed by atoms with Crippen molar-refractivity contribution >= 4 is 41.3 Å². The Kier molecular flexibility index (Phi) is 9.92. The number of pyridine rings is 1. The van der Waals surface area contributed by atoms with Crippen molar-refractivity contribution in [2.45, 2.75) is 6.42 Å². The van der Waals surface area contributed by atoms with Gasteiger partial charge in [-0.3, -0.25) is 20.0 Å². The molecule has 1 aliphatic heterocycles. The first-order chi connectivity index (χ1) is 20.9. The summed E-state index contributed by atoms with van der Waals surface area (Å²) in [6.45, 7) is 4.39. The zero-order valence-electron chi connectivity index (χ0n) is 23.5. The lowest BCUT2D eigenvalue weighted by molar-refractivity contribution is -0.119. The summed E-state index contributed by atoms with van der Waals surface area (Å²) in [4.78, 5) is 31.5. The Labute approximate surface area is 253 Å². The molecular formula is C31H31FN4O6S. The molecule has 4 aromatic rings. The van der Waals surface area contributed by atoms with Gasteiger partial charge in [0.15, 0.2) is 23.1 Å². The molecular weight excluding hydrogens is 575 g/mol. The van der Waals surface area contributed by atoms with Gasteiger partial charge in [-0.2, -0.15) is 0 Å². The van der Waals surface area contributed by atoms with Crippen molar-refractivity contribution in [3.05, 3.63) is 84.3 Å². The second kappa shape index (κ2) is 14.2. The monoisotopic (exact) mass is 606 g/mol. The molecule has 0 spiro atoms. The van der Waals surface area contributed by atoms with Gasteiger partial charge < -0.3 is 18.9 Å². The van der Waals surface area contributed by atoms with Crippen LogP contribution in [0.3, 0.4) is 0 Å². The normalized spacial score (nSPS) is 13.4. The number of halogens is 1. The van der Waals surface area contributed by atoms with Crippen molar-refractivity contribution in [3.63, 3.8) is 0 Å². The molecule has 0 unspecified atom stereocenters. The SMILES string of the molecule is COc1cc2c(Oc3ccc(N(S)C(=O)NC(=O)Cc4ccccc4)cc3F)ccnc2cc1OCCN1CCOCC1. The highest BCUT2D eigenvalue weighted by Gasteiger charge is 2.19. The molecule has 3 amide bonds. The van der Waals surface area contributed by atoms with Gasteiger partial charge in [-0.1, -0.05) is 43.1 Å². The number of fused-ring (bicyclic) bond motifs is 1. The maximum Gasteiger partial charge on any atom is 0.338 e. The summed E-state index contributed by atoms with van der Waals surface area (Å²) in [5.41, 5.74) is 1.44. The van der Waals surface area contributed by atoms with Crippen LogP contribution in [0.15, 0.2) is 72.9 Å². The average Bonchev–Trinajstić information content (AvgIpc) is 3.02. The molecule has 3 aromatic carbocycles. The number of nitrogens with zero attached hydrogens (tertiary/aromatic N) is 3. The van der Waals surface area contributed by atoms with E-state index >= 15 is 4.39 Å². The Balaban J connectivity index is 1.25. The molecule has 1 N–H and O–H groups in total. The number of benzene rings is 3. The number of methoxy groups -OCH3 is 1. The lowest BCUT2D eigenvalue weighted by Gasteiger charge is -2.26. The number of rotatable bonds is 10. The van der Waals surface area contributed by atoms with E-state index in [1.165, 1.54) is 12.1 Å². The Hall–Kier alpha value is -4.39. The number of ether oxygens (including phenoxy) is 4. The van der Waals surface area contributed by atoms with Crippen molar-refractivity contribution < 1.29 is 32.9 Å². The second-order valence-electron chi connectivity index (χ2n) is 9.68. The molecule has 10 nitrogen and oxygen atoms in total. The van der Waals surface area contributed by atoms with E-state index in [2.05, 4.69) is 28.0 Å². The highest BCUT2D eigenvalue weighted by Crippen LogP contribution is 2.38.